The van der Waals surface area contributed by atoms with Crippen LogP contribution in [-0.4, -0.2) is 9.97 Å². The summed E-state index contributed by atoms with van der Waals surface area (Å²) in [6.07, 6.45) is 3.87. The Labute approximate surface area is 79.3 Å². The van der Waals surface area contributed by atoms with Crippen LogP contribution in [0.15, 0.2) is 36.8 Å². The minimum atomic E-state index is -0.683. The number of rotatable bonds is 1. The third-order valence-corrected chi connectivity index (χ3v) is 1.80. The zero-order chi connectivity index (χ0) is 9.97. The molecule has 0 bridgehead atoms. The summed E-state index contributed by atoms with van der Waals surface area (Å²) in [5.41, 5.74) is 0.705. The Hall–Kier alpha value is -1.84. The van der Waals surface area contributed by atoms with Crippen LogP contribution < -0.4 is 0 Å². The smallest absolute Gasteiger partial charge is 0.220 e. The number of pyridine rings is 2. The average molecular weight is 192 g/mol. The molecule has 2 aromatic heterocycles. The van der Waals surface area contributed by atoms with Gasteiger partial charge in [-0.1, -0.05) is 0 Å². The number of halogens is 2. The summed E-state index contributed by atoms with van der Waals surface area (Å²) in [6.45, 7) is 0. The lowest BCUT2D eigenvalue weighted by molar-refractivity contribution is 0.563. The van der Waals surface area contributed by atoms with E-state index in [2.05, 4.69) is 9.97 Å². The molecule has 0 N–H and O–H groups in total. The Kier molecular flexibility index (Phi) is 2.18. The number of nitrogens with zero attached hydrogens (tertiary/aromatic N) is 2. The number of aromatic nitrogens is 2. The second kappa shape index (κ2) is 3.49. The van der Waals surface area contributed by atoms with Crippen LogP contribution in [-0.2, 0) is 0 Å². The van der Waals surface area contributed by atoms with Crippen molar-refractivity contribution in [3.63, 3.8) is 0 Å². The van der Waals surface area contributed by atoms with Crippen LogP contribution in [0.4, 0.5) is 8.78 Å². The summed E-state index contributed by atoms with van der Waals surface area (Å²) in [4.78, 5) is 7.08. The first-order valence-electron chi connectivity index (χ1n) is 3.99. The fraction of sp³-hybridized carbons (Fsp3) is 0. The van der Waals surface area contributed by atoms with E-state index in [1.165, 1.54) is 12.4 Å². The predicted octanol–water partition coefficient (Wildman–Crippen LogP) is 2.42. The van der Waals surface area contributed by atoms with Gasteiger partial charge in [0, 0.05) is 18.0 Å². The molecule has 14 heavy (non-hydrogen) atoms. The van der Waals surface area contributed by atoms with E-state index in [1.807, 2.05) is 0 Å². The fourth-order valence-corrected chi connectivity index (χ4v) is 1.16. The zero-order valence-corrected chi connectivity index (χ0v) is 7.11. The molecule has 0 amide bonds. The third kappa shape index (κ3) is 1.59. The fourth-order valence-electron chi connectivity index (χ4n) is 1.16. The molecule has 2 heterocycles. The summed E-state index contributed by atoms with van der Waals surface area (Å²) in [5, 5.41) is 0. The van der Waals surface area contributed by atoms with Gasteiger partial charge in [-0.25, -0.2) is 9.37 Å². The molecule has 0 aromatic carbocycles. The third-order valence-electron chi connectivity index (χ3n) is 1.80. The van der Waals surface area contributed by atoms with Gasteiger partial charge in [0.1, 0.15) is 5.82 Å². The van der Waals surface area contributed by atoms with Crippen LogP contribution in [0, 0.1) is 11.8 Å². The van der Waals surface area contributed by atoms with E-state index < -0.39 is 11.8 Å². The summed E-state index contributed by atoms with van der Waals surface area (Å²) in [7, 11) is 0. The molecule has 0 unspecified atom stereocenters. The Morgan fingerprint density at radius 3 is 2.50 bits per heavy atom. The lowest BCUT2D eigenvalue weighted by Crippen LogP contribution is -1.90. The van der Waals surface area contributed by atoms with Gasteiger partial charge in [0.05, 0.1) is 6.20 Å². The van der Waals surface area contributed by atoms with E-state index in [0.29, 0.717) is 5.56 Å². The van der Waals surface area contributed by atoms with Gasteiger partial charge in [-0.15, -0.1) is 0 Å². The van der Waals surface area contributed by atoms with Gasteiger partial charge >= 0.3 is 0 Å². The van der Waals surface area contributed by atoms with Crippen LogP contribution in [0.1, 0.15) is 0 Å². The molecule has 0 spiro atoms. The maximum atomic E-state index is 13.2. The Bertz CT molecular complexity index is 443. The van der Waals surface area contributed by atoms with Gasteiger partial charge in [0.2, 0.25) is 5.95 Å². The topological polar surface area (TPSA) is 25.8 Å². The molecule has 0 atom stereocenters. The van der Waals surface area contributed by atoms with E-state index in [0.717, 1.165) is 12.3 Å². The second-order valence-corrected chi connectivity index (χ2v) is 2.73. The summed E-state index contributed by atoms with van der Waals surface area (Å²) < 4.78 is 25.9. The highest BCUT2D eigenvalue weighted by Gasteiger charge is 2.06. The lowest BCUT2D eigenvalue weighted by Gasteiger charge is -2.01. The first-order chi connectivity index (χ1) is 6.77. The average Bonchev–Trinajstić information content (AvgIpc) is 2.23. The molecule has 2 nitrogen and oxygen atoms in total. The maximum absolute atomic E-state index is 13.2. The maximum Gasteiger partial charge on any atom is 0.220 e. The second-order valence-electron chi connectivity index (χ2n) is 2.73. The van der Waals surface area contributed by atoms with Crippen molar-refractivity contribution in [1.82, 2.24) is 9.97 Å². The minimum Gasteiger partial charge on any atom is -0.265 e. The summed E-state index contributed by atoms with van der Waals surface area (Å²) >= 11 is 0. The molecule has 0 saturated carbocycles. The van der Waals surface area contributed by atoms with Crippen molar-refractivity contribution in [2.75, 3.05) is 0 Å². The molecular formula is C10H6F2N2. The van der Waals surface area contributed by atoms with Crippen molar-refractivity contribution in [3.8, 4) is 11.1 Å². The van der Waals surface area contributed by atoms with Crippen LogP contribution in [0.3, 0.4) is 0 Å². The van der Waals surface area contributed by atoms with Gasteiger partial charge in [0.25, 0.3) is 0 Å². The highest BCUT2D eigenvalue weighted by atomic mass is 19.1. The van der Waals surface area contributed by atoms with E-state index in [-0.39, 0.29) is 5.56 Å². The molecular weight excluding hydrogens is 186 g/mol. The highest BCUT2D eigenvalue weighted by molar-refractivity contribution is 5.62. The molecule has 4 heteroatoms. The quantitative estimate of drug-likeness (QED) is 0.648. The van der Waals surface area contributed by atoms with Gasteiger partial charge in [0.15, 0.2) is 0 Å². The van der Waals surface area contributed by atoms with Crippen molar-refractivity contribution < 1.29 is 8.78 Å². The van der Waals surface area contributed by atoms with E-state index in [4.69, 9.17) is 0 Å². The van der Waals surface area contributed by atoms with E-state index in [1.54, 1.807) is 12.1 Å². The molecule has 0 radical (unpaired) electrons. The Morgan fingerprint density at radius 2 is 1.79 bits per heavy atom. The van der Waals surface area contributed by atoms with Crippen LogP contribution >= 0.6 is 0 Å². The summed E-state index contributed by atoms with van der Waals surface area (Å²) in [6, 6.07) is 4.30. The van der Waals surface area contributed by atoms with Crippen molar-refractivity contribution in [1.29, 1.82) is 0 Å². The van der Waals surface area contributed by atoms with Crippen molar-refractivity contribution in [2.24, 2.45) is 0 Å². The highest BCUT2D eigenvalue weighted by Crippen LogP contribution is 2.20. The van der Waals surface area contributed by atoms with Crippen molar-refractivity contribution >= 4 is 0 Å². The predicted molar refractivity (Wildman–Crippen MR) is 47.4 cm³/mol. The normalized spacial score (nSPS) is 10.1. The largest absolute Gasteiger partial charge is 0.265 e. The molecule has 0 saturated heterocycles. The Balaban J connectivity index is 2.57. The first-order valence-corrected chi connectivity index (χ1v) is 3.99. The molecule has 0 aliphatic heterocycles. The molecule has 70 valence electrons. The van der Waals surface area contributed by atoms with Gasteiger partial charge in [-0.3, -0.25) is 4.98 Å². The molecule has 0 aliphatic carbocycles. The van der Waals surface area contributed by atoms with Gasteiger partial charge in [-0.2, -0.15) is 4.39 Å². The van der Waals surface area contributed by atoms with E-state index >= 15 is 0 Å². The van der Waals surface area contributed by atoms with E-state index in [9.17, 15) is 8.78 Å². The van der Waals surface area contributed by atoms with Crippen LogP contribution in [0.25, 0.3) is 11.1 Å². The molecule has 2 rings (SSSR count). The Morgan fingerprint density at radius 1 is 1.07 bits per heavy atom. The minimum absolute atomic E-state index is 0.146. The monoisotopic (exact) mass is 192 g/mol. The summed E-state index contributed by atoms with van der Waals surface area (Å²) in [5.74, 6) is -1.24. The first kappa shape index (κ1) is 8.74. The van der Waals surface area contributed by atoms with Crippen LogP contribution in [0.5, 0.6) is 0 Å². The van der Waals surface area contributed by atoms with Gasteiger partial charge < -0.3 is 0 Å². The van der Waals surface area contributed by atoms with Gasteiger partial charge in [-0.05, 0) is 23.8 Å². The van der Waals surface area contributed by atoms with Crippen LogP contribution in [0.2, 0.25) is 0 Å². The zero-order valence-electron chi connectivity index (χ0n) is 7.11. The number of hydrogen-bond donors (Lipinski definition) is 0. The number of hydrogen-bond acceptors (Lipinski definition) is 2. The molecule has 0 aliphatic rings. The SMILES string of the molecule is Fc1cnc(F)c(-c2ccncc2)c1. The lowest BCUT2D eigenvalue weighted by atomic mass is 10.1. The molecule has 2 aromatic rings. The van der Waals surface area contributed by atoms with Crippen molar-refractivity contribution in [3.05, 3.63) is 48.6 Å². The standard InChI is InChI=1S/C10H6F2N2/c11-8-5-9(10(12)14-6-8)7-1-3-13-4-2-7/h1-6H. The molecule has 0 fully saturated rings. The van der Waals surface area contributed by atoms with Crippen molar-refractivity contribution in [2.45, 2.75) is 0 Å².